The zero-order valence-electron chi connectivity index (χ0n) is 9.69. The maximum absolute atomic E-state index is 12.4. The lowest BCUT2D eigenvalue weighted by Gasteiger charge is -2.37. The highest BCUT2D eigenvalue weighted by Crippen LogP contribution is 2.37. The van der Waals surface area contributed by atoms with Crippen molar-refractivity contribution >= 4 is 5.91 Å². The van der Waals surface area contributed by atoms with Gasteiger partial charge in [0.15, 0.2) is 0 Å². The molecule has 1 rings (SSSR count). The smallest absolute Gasteiger partial charge is 0.327 e. The highest BCUT2D eigenvalue weighted by molar-refractivity contribution is 5.89. The van der Waals surface area contributed by atoms with E-state index in [9.17, 15) is 18.0 Å². The van der Waals surface area contributed by atoms with E-state index in [1.807, 2.05) is 0 Å². The molecule has 0 aromatic rings. The van der Waals surface area contributed by atoms with E-state index in [1.54, 1.807) is 20.8 Å². The number of carbonyl (C=O) groups excluding carboxylic acids is 1. The van der Waals surface area contributed by atoms with E-state index >= 15 is 0 Å². The number of alkyl halides is 3. The fourth-order valence-electron chi connectivity index (χ4n) is 1.41. The number of rotatable bonds is 2. The van der Waals surface area contributed by atoms with Crippen LogP contribution in [0.1, 0.15) is 33.6 Å². The van der Waals surface area contributed by atoms with Crippen LogP contribution in [0.4, 0.5) is 13.2 Å². The number of nitrogens with zero attached hydrogens (tertiary/aromatic N) is 1. The third kappa shape index (κ3) is 3.10. The molecule has 1 fully saturated rings. The molecule has 0 spiro atoms. The van der Waals surface area contributed by atoms with Crippen molar-refractivity contribution in [3.63, 3.8) is 0 Å². The minimum atomic E-state index is -4.39. The first kappa shape index (κ1) is 13.3. The Labute approximate surface area is 92.8 Å². The molecule has 94 valence electrons. The average Bonchev–Trinajstić information content (AvgIpc) is 2.76. The molecule has 0 unspecified atom stereocenters. The van der Waals surface area contributed by atoms with Crippen molar-refractivity contribution in [2.75, 3.05) is 6.54 Å². The van der Waals surface area contributed by atoms with Crippen LogP contribution in [0.2, 0.25) is 0 Å². The molecule has 2 N–H and O–H groups in total. The van der Waals surface area contributed by atoms with Gasteiger partial charge in [0.25, 0.3) is 0 Å². The van der Waals surface area contributed by atoms with Gasteiger partial charge in [0.2, 0.25) is 5.91 Å². The van der Waals surface area contributed by atoms with Gasteiger partial charge < -0.3 is 10.6 Å². The summed E-state index contributed by atoms with van der Waals surface area (Å²) in [7, 11) is 0. The van der Waals surface area contributed by atoms with Crippen molar-refractivity contribution in [2.45, 2.75) is 50.9 Å². The van der Waals surface area contributed by atoms with Crippen LogP contribution < -0.4 is 5.73 Å². The van der Waals surface area contributed by atoms with E-state index < -0.39 is 29.7 Å². The maximum Gasteiger partial charge on any atom is 0.406 e. The van der Waals surface area contributed by atoms with Crippen molar-refractivity contribution in [1.82, 2.24) is 4.90 Å². The quantitative estimate of drug-likeness (QED) is 0.795. The summed E-state index contributed by atoms with van der Waals surface area (Å²) in [5.41, 5.74) is 3.72. The summed E-state index contributed by atoms with van der Waals surface area (Å²) in [6, 6.07) is 0. The number of hydrogen-bond donors (Lipinski definition) is 1. The lowest BCUT2D eigenvalue weighted by molar-refractivity contribution is -0.171. The molecule has 0 aromatic heterocycles. The highest BCUT2D eigenvalue weighted by Gasteiger charge is 2.51. The van der Waals surface area contributed by atoms with Crippen LogP contribution in [0, 0.1) is 0 Å². The van der Waals surface area contributed by atoms with Crippen molar-refractivity contribution in [2.24, 2.45) is 5.73 Å². The Hall–Kier alpha value is -0.780. The van der Waals surface area contributed by atoms with Gasteiger partial charge in [0.1, 0.15) is 6.54 Å². The zero-order valence-corrected chi connectivity index (χ0v) is 9.69. The Balaban J connectivity index is 2.84. The lowest BCUT2D eigenvalue weighted by Crippen LogP contribution is -2.56. The standard InChI is InChI=1S/C10H17F3N2O/c1-8(2,3)15(6-10(11,12)13)7(16)9(14)4-5-9/h4-6,14H2,1-3H3. The molecule has 0 aromatic carbocycles. The maximum atomic E-state index is 12.4. The predicted molar refractivity (Wildman–Crippen MR) is 53.7 cm³/mol. The molecule has 0 aliphatic heterocycles. The lowest BCUT2D eigenvalue weighted by atomic mass is 10.0. The number of hydrogen-bond acceptors (Lipinski definition) is 2. The van der Waals surface area contributed by atoms with Gasteiger partial charge in [0, 0.05) is 5.54 Å². The molecule has 0 radical (unpaired) electrons. The summed E-state index contributed by atoms with van der Waals surface area (Å²) in [6.07, 6.45) is -3.46. The number of nitrogens with two attached hydrogens (primary N) is 1. The van der Waals surface area contributed by atoms with E-state index in [2.05, 4.69) is 0 Å². The van der Waals surface area contributed by atoms with Crippen LogP contribution >= 0.6 is 0 Å². The molecule has 1 aliphatic rings. The highest BCUT2D eigenvalue weighted by atomic mass is 19.4. The third-order valence-corrected chi connectivity index (χ3v) is 2.61. The molecule has 1 aliphatic carbocycles. The van der Waals surface area contributed by atoms with Gasteiger partial charge >= 0.3 is 6.18 Å². The Bertz CT molecular complexity index is 289. The zero-order chi connectivity index (χ0) is 12.8. The van der Waals surface area contributed by atoms with Crippen molar-refractivity contribution in [1.29, 1.82) is 0 Å². The normalized spacial score (nSPS) is 19.4. The monoisotopic (exact) mass is 238 g/mol. The molecule has 0 atom stereocenters. The molecule has 3 nitrogen and oxygen atoms in total. The van der Waals surface area contributed by atoms with E-state index in [-0.39, 0.29) is 0 Å². The molecule has 0 bridgehead atoms. The fraction of sp³-hybridized carbons (Fsp3) is 0.900. The van der Waals surface area contributed by atoms with Crippen LogP contribution in [-0.4, -0.2) is 34.6 Å². The van der Waals surface area contributed by atoms with Crippen molar-refractivity contribution in [3.8, 4) is 0 Å². The molecule has 6 heteroatoms. The minimum Gasteiger partial charge on any atom is -0.327 e. The number of carbonyl (C=O) groups is 1. The van der Waals surface area contributed by atoms with Gasteiger partial charge in [0.05, 0.1) is 5.54 Å². The van der Waals surface area contributed by atoms with Crippen LogP contribution in [0.15, 0.2) is 0 Å². The first-order valence-corrected chi connectivity index (χ1v) is 5.13. The number of halogens is 3. The summed E-state index contributed by atoms with van der Waals surface area (Å²) >= 11 is 0. The van der Waals surface area contributed by atoms with Crippen LogP contribution in [0.25, 0.3) is 0 Å². The summed E-state index contributed by atoms with van der Waals surface area (Å²) in [5, 5.41) is 0. The molecule has 1 amide bonds. The van der Waals surface area contributed by atoms with Gasteiger partial charge in [-0.1, -0.05) is 0 Å². The second-order valence-electron chi connectivity index (χ2n) is 5.33. The predicted octanol–water partition coefficient (Wildman–Crippen LogP) is 1.67. The van der Waals surface area contributed by atoms with Crippen LogP contribution in [0.5, 0.6) is 0 Å². The van der Waals surface area contributed by atoms with Gasteiger partial charge in [-0.2, -0.15) is 13.2 Å². The topological polar surface area (TPSA) is 46.3 Å². The SMILES string of the molecule is CC(C)(C)N(CC(F)(F)F)C(=O)C1(N)CC1. The molecule has 0 heterocycles. The molecule has 1 saturated carbocycles. The minimum absolute atomic E-state index is 0.469. The fourth-order valence-corrected chi connectivity index (χ4v) is 1.41. The van der Waals surface area contributed by atoms with E-state index in [1.165, 1.54) is 0 Å². The summed E-state index contributed by atoms with van der Waals surface area (Å²) in [5.74, 6) is -0.600. The van der Waals surface area contributed by atoms with Gasteiger partial charge in [-0.05, 0) is 33.6 Å². The van der Waals surface area contributed by atoms with E-state index in [4.69, 9.17) is 5.73 Å². The first-order chi connectivity index (χ1) is 6.96. The first-order valence-electron chi connectivity index (χ1n) is 5.13. The van der Waals surface area contributed by atoms with Gasteiger partial charge in [-0.3, -0.25) is 4.79 Å². The Morgan fingerprint density at radius 1 is 1.31 bits per heavy atom. The van der Waals surface area contributed by atoms with Gasteiger partial charge in [-0.15, -0.1) is 0 Å². The van der Waals surface area contributed by atoms with Crippen LogP contribution in [0.3, 0.4) is 0 Å². The average molecular weight is 238 g/mol. The number of amides is 1. The second kappa shape index (κ2) is 3.61. The molecular formula is C10H17F3N2O. The van der Waals surface area contributed by atoms with Crippen LogP contribution in [-0.2, 0) is 4.79 Å². The van der Waals surface area contributed by atoms with Crippen molar-refractivity contribution < 1.29 is 18.0 Å². The summed E-state index contributed by atoms with van der Waals surface area (Å²) in [4.78, 5) is 12.7. The molecular weight excluding hydrogens is 221 g/mol. The molecule has 16 heavy (non-hydrogen) atoms. The Kier molecular flexibility index (Phi) is 3.00. The largest absolute Gasteiger partial charge is 0.406 e. The Morgan fingerprint density at radius 3 is 2.00 bits per heavy atom. The van der Waals surface area contributed by atoms with Crippen molar-refractivity contribution in [3.05, 3.63) is 0 Å². The van der Waals surface area contributed by atoms with Gasteiger partial charge in [-0.25, -0.2) is 0 Å². The van der Waals surface area contributed by atoms with E-state index in [0.29, 0.717) is 12.8 Å². The molecule has 0 saturated heterocycles. The summed E-state index contributed by atoms with van der Waals surface area (Å²) in [6.45, 7) is 3.47. The second-order valence-corrected chi connectivity index (χ2v) is 5.33. The summed E-state index contributed by atoms with van der Waals surface area (Å²) < 4.78 is 37.1. The third-order valence-electron chi connectivity index (χ3n) is 2.61. The Morgan fingerprint density at radius 2 is 1.75 bits per heavy atom. The van der Waals surface area contributed by atoms with E-state index in [0.717, 1.165) is 4.90 Å².